The summed E-state index contributed by atoms with van der Waals surface area (Å²) >= 11 is 0. The van der Waals surface area contributed by atoms with Gasteiger partial charge in [-0.15, -0.1) is 0 Å². The lowest BCUT2D eigenvalue weighted by Gasteiger charge is -2.43. The van der Waals surface area contributed by atoms with Crippen LogP contribution in [0.1, 0.15) is 29.8 Å². The average molecular weight is 331 g/mol. The number of para-hydroxylation sites is 1. The Morgan fingerprint density at radius 3 is 2.68 bits per heavy atom. The summed E-state index contributed by atoms with van der Waals surface area (Å²) in [5.74, 6) is 0. The fourth-order valence-electron chi connectivity index (χ4n) is 4.57. The molecule has 2 unspecified atom stereocenters. The zero-order chi connectivity index (χ0) is 17.0. The number of fused-ring (bicyclic) bond motifs is 3. The molecule has 3 aromatic rings. The lowest BCUT2D eigenvalue weighted by molar-refractivity contribution is 0.128. The molecule has 4 heteroatoms. The highest BCUT2D eigenvalue weighted by Crippen LogP contribution is 2.41. The van der Waals surface area contributed by atoms with Gasteiger partial charge in [0, 0.05) is 24.5 Å². The normalized spacial score (nSPS) is 22.7. The molecule has 0 saturated carbocycles. The van der Waals surface area contributed by atoms with Gasteiger partial charge in [-0.2, -0.15) is 0 Å². The van der Waals surface area contributed by atoms with Crippen LogP contribution in [-0.4, -0.2) is 28.1 Å². The third kappa shape index (κ3) is 2.14. The molecule has 4 nitrogen and oxygen atoms in total. The molecule has 126 valence electrons. The van der Waals surface area contributed by atoms with Gasteiger partial charge in [0.05, 0.1) is 17.3 Å². The van der Waals surface area contributed by atoms with Gasteiger partial charge in [-0.25, -0.2) is 4.79 Å². The van der Waals surface area contributed by atoms with E-state index in [9.17, 15) is 4.79 Å². The minimum absolute atomic E-state index is 0.00256. The average Bonchev–Trinajstić information content (AvgIpc) is 2.96. The molecule has 1 N–H and O–H groups in total. The van der Waals surface area contributed by atoms with Gasteiger partial charge in [-0.05, 0) is 30.5 Å². The van der Waals surface area contributed by atoms with Gasteiger partial charge in [0.15, 0.2) is 0 Å². The molecule has 2 aliphatic rings. The van der Waals surface area contributed by atoms with Crippen LogP contribution in [0.25, 0.3) is 10.9 Å². The van der Waals surface area contributed by atoms with Gasteiger partial charge in [0.2, 0.25) is 0 Å². The van der Waals surface area contributed by atoms with E-state index in [0.29, 0.717) is 0 Å². The molecule has 0 saturated heterocycles. The molecule has 2 aliphatic heterocycles. The highest BCUT2D eigenvalue weighted by atomic mass is 16.2. The van der Waals surface area contributed by atoms with E-state index in [1.54, 1.807) is 0 Å². The predicted molar refractivity (Wildman–Crippen MR) is 98.6 cm³/mol. The van der Waals surface area contributed by atoms with Crippen LogP contribution in [0, 0.1) is 0 Å². The van der Waals surface area contributed by atoms with Crippen LogP contribution >= 0.6 is 0 Å². The molecule has 2 atom stereocenters. The first-order valence-electron chi connectivity index (χ1n) is 8.95. The Balaban J connectivity index is 1.66. The summed E-state index contributed by atoms with van der Waals surface area (Å²) < 4.78 is 1.91. The molecule has 0 spiro atoms. The Morgan fingerprint density at radius 2 is 1.84 bits per heavy atom. The molecule has 0 fully saturated rings. The molecule has 1 aromatic heterocycles. The SMILES string of the molecule is CC1NC(=O)n2c3c(c4ccccc42)CCN(Cc2ccccc2)C31. The number of carbonyl (C=O) groups is 1. The van der Waals surface area contributed by atoms with Crippen LogP contribution in [0.15, 0.2) is 54.6 Å². The summed E-state index contributed by atoms with van der Waals surface area (Å²) in [7, 11) is 0. The van der Waals surface area contributed by atoms with E-state index in [1.165, 1.54) is 22.2 Å². The molecular formula is C21H21N3O. The van der Waals surface area contributed by atoms with Gasteiger partial charge >= 0.3 is 6.03 Å². The number of benzene rings is 2. The Kier molecular flexibility index (Phi) is 3.22. The maximum Gasteiger partial charge on any atom is 0.326 e. The fourth-order valence-corrected chi connectivity index (χ4v) is 4.57. The second kappa shape index (κ2) is 5.46. The number of nitrogens with zero attached hydrogens (tertiary/aromatic N) is 2. The van der Waals surface area contributed by atoms with Crippen molar-refractivity contribution < 1.29 is 4.79 Å². The summed E-state index contributed by atoms with van der Waals surface area (Å²) in [6.45, 7) is 4.05. The molecular weight excluding hydrogens is 310 g/mol. The second-order valence-corrected chi connectivity index (χ2v) is 7.11. The third-order valence-electron chi connectivity index (χ3n) is 5.60. The minimum Gasteiger partial charge on any atom is -0.333 e. The van der Waals surface area contributed by atoms with Crippen LogP contribution in [0.5, 0.6) is 0 Å². The van der Waals surface area contributed by atoms with E-state index in [0.717, 1.165) is 25.0 Å². The van der Waals surface area contributed by atoms with Crippen molar-refractivity contribution in [3.63, 3.8) is 0 Å². The van der Waals surface area contributed by atoms with Crippen molar-refractivity contribution in [1.29, 1.82) is 0 Å². The third-order valence-corrected chi connectivity index (χ3v) is 5.60. The van der Waals surface area contributed by atoms with Gasteiger partial charge in [-0.1, -0.05) is 48.5 Å². The van der Waals surface area contributed by atoms with Crippen molar-refractivity contribution in [2.45, 2.75) is 32.0 Å². The van der Waals surface area contributed by atoms with E-state index < -0.39 is 0 Å². The van der Waals surface area contributed by atoms with E-state index >= 15 is 0 Å². The van der Waals surface area contributed by atoms with Gasteiger partial charge in [0.1, 0.15) is 0 Å². The Labute approximate surface area is 147 Å². The van der Waals surface area contributed by atoms with Crippen LogP contribution in [0.2, 0.25) is 0 Å². The first-order chi connectivity index (χ1) is 12.2. The number of aromatic nitrogens is 1. The highest BCUT2D eigenvalue weighted by molar-refractivity contribution is 5.96. The number of carbonyl (C=O) groups excluding carboxylic acids is 1. The summed E-state index contributed by atoms with van der Waals surface area (Å²) in [5, 5.41) is 4.40. The second-order valence-electron chi connectivity index (χ2n) is 7.11. The largest absolute Gasteiger partial charge is 0.333 e. The van der Waals surface area contributed by atoms with Crippen molar-refractivity contribution in [1.82, 2.24) is 14.8 Å². The van der Waals surface area contributed by atoms with Crippen molar-refractivity contribution in [2.75, 3.05) is 6.54 Å². The molecule has 5 rings (SSSR count). The monoisotopic (exact) mass is 331 g/mol. The molecule has 0 radical (unpaired) electrons. The van der Waals surface area contributed by atoms with E-state index in [1.807, 2.05) is 10.6 Å². The molecule has 0 aliphatic carbocycles. The van der Waals surface area contributed by atoms with Crippen molar-refractivity contribution in [3.8, 4) is 0 Å². The topological polar surface area (TPSA) is 37.3 Å². The van der Waals surface area contributed by atoms with Crippen LogP contribution in [-0.2, 0) is 13.0 Å². The summed E-state index contributed by atoms with van der Waals surface area (Å²) in [5.41, 5.74) is 4.90. The van der Waals surface area contributed by atoms with Crippen LogP contribution in [0.3, 0.4) is 0 Å². The quantitative estimate of drug-likeness (QED) is 0.777. The zero-order valence-corrected chi connectivity index (χ0v) is 14.3. The molecule has 2 aromatic carbocycles. The van der Waals surface area contributed by atoms with E-state index in [4.69, 9.17) is 0 Å². The van der Waals surface area contributed by atoms with Crippen molar-refractivity contribution in [2.24, 2.45) is 0 Å². The number of hydrogen-bond donors (Lipinski definition) is 1. The Morgan fingerprint density at radius 1 is 1.08 bits per heavy atom. The Hall–Kier alpha value is -2.59. The number of nitrogens with one attached hydrogen (secondary N) is 1. The first-order valence-corrected chi connectivity index (χ1v) is 8.95. The smallest absolute Gasteiger partial charge is 0.326 e. The van der Waals surface area contributed by atoms with Gasteiger partial charge < -0.3 is 5.32 Å². The summed E-state index contributed by atoms with van der Waals surface area (Å²) in [4.78, 5) is 15.2. The maximum atomic E-state index is 12.7. The minimum atomic E-state index is 0.00256. The number of amides is 1. The predicted octanol–water partition coefficient (Wildman–Crippen LogP) is 3.70. The van der Waals surface area contributed by atoms with Crippen molar-refractivity contribution >= 4 is 16.9 Å². The molecule has 3 heterocycles. The van der Waals surface area contributed by atoms with Gasteiger partial charge in [0.25, 0.3) is 0 Å². The van der Waals surface area contributed by atoms with E-state index in [-0.39, 0.29) is 18.1 Å². The molecule has 0 bridgehead atoms. The van der Waals surface area contributed by atoms with Crippen LogP contribution in [0.4, 0.5) is 4.79 Å². The van der Waals surface area contributed by atoms with Crippen LogP contribution < -0.4 is 5.32 Å². The lowest BCUT2D eigenvalue weighted by Crippen LogP contribution is -2.53. The fraction of sp³-hybridized carbons (Fsp3) is 0.286. The van der Waals surface area contributed by atoms with Gasteiger partial charge in [-0.3, -0.25) is 9.47 Å². The zero-order valence-electron chi connectivity index (χ0n) is 14.3. The first kappa shape index (κ1) is 14.7. The lowest BCUT2D eigenvalue weighted by atomic mass is 9.91. The number of hydrogen-bond acceptors (Lipinski definition) is 2. The van der Waals surface area contributed by atoms with E-state index in [2.05, 4.69) is 65.7 Å². The Bertz CT molecular complexity index is 960. The maximum absolute atomic E-state index is 12.7. The highest BCUT2D eigenvalue weighted by Gasteiger charge is 2.41. The standard InChI is InChI=1S/C21H21N3O/c1-14-19-20-17(11-12-23(19)13-15-7-3-2-4-8-15)16-9-5-6-10-18(16)24(20)21(25)22-14/h2-10,14,19H,11-13H2,1H3,(H,22,25). The van der Waals surface area contributed by atoms with Crippen molar-refractivity contribution in [3.05, 3.63) is 71.4 Å². The summed E-state index contributed by atoms with van der Waals surface area (Å²) in [6, 6.07) is 19.2. The summed E-state index contributed by atoms with van der Waals surface area (Å²) in [6.07, 6.45) is 0.992. The molecule has 25 heavy (non-hydrogen) atoms. The number of rotatable bonds is 2. The molecule has 1 amide bonds.